The molecule has 2 rings (SSSR count). The van der Waals surface area contributed by atoms with Crippen molar-refractivity contribution in [1.29, 1.82) is 0 Å². The number of carbonyl (C=O) groups is 1. The molecule has 0 aliphatic heterocycles. The van der Waals surface area contributed by atoms with Crippen molar-refractivity contribution in [3.63, 3.8) is 0 Å². The fourth-order valence-corrected chi connectivity index (χ4v) is 2.44. The number of aromatic nitrogens is 1. The van der Waals surface area contributed by atoms with Gasteiger partial charge in [-0.25, -0.2) is 4.79 Å². The molecule has 0 atom stereocenters. The maximum atomic E-state index is 11.5. The first kappa shape index (κ1) is 15.4. The quantitative estimate of drug-likeness (QED) is 0.607. The van der Waals surface area contributed by atoms with Crippen LogP contribution in [0, 0.1) is 5.92 Å². The smallest absolute Gasteiger partial charge is 0.331 e. The van der Waals surface area contributed by atoms with Crippen LogP contribution in [0.1, 0.15) is 33.3 Å². The van der Waals surface area contributed by atoms with E-state index >= 15 is 0 Å². The number of ether oxygens (including phenoxy) is 1. The summed E-state index contributed by atoms with van der Waals surface area (Å²) in [5, 5.41) is 1.20. The number of nitrogens with zero attached hydrogens (tertiary/aromatic N) is 1. The highest BCUT2D eigenvalue weighted by molar-refractivity contribution is 5.92. The van der Waals surface area contributed by atoms with Crippen LogP contribution >= 0.6 is 0 Å². The summed E-state index contributed by atoms with van der Waals surface area (Å²) in [7, 11) is 0. The molecule has 0 radical (unpaired) electrons. The molecule has 0 bridgehead atoms. The highest BCUT2D eigenvalue weighted by Gasteiger charge is 2.06. The van der Waals surface area contributed by atoms with E-state index in [2.05, 4.69) is 48.9 Å². The Morgan fingerprint density at radius 3 is 2.76 bits per heavy atom. The third kappa shape index (κ3) is 3.75. The summed E-state index contributed by atoms with van der Waals surface area (Å²) in [4.78, 5) is 11.5. The van der Waals surface area contributed by atoms with Gasteiger partial charge in [0.1, 0.15) is 0 Å². The third-order valence-electron chi connectivity index (χ3n) is 3.41. The van der Waals surface area contributed by atoms with E-state index in [1.165, 1.54) is 10.9 Å². The van der Waals surface area contributed by atoms with Crippen molar-refractivity contribution in [3.05, 3.63) is 42.1 Å². The van der Waals surface area contributed by atoms with Gasteiger partial charge in [0, 0.05) is 29.7 Å². The van der Waals surface area contributed by atoms with Gasteiger partial charge in [-0.1, -0.05) is 19.9 Å². The van der Waals surface area contributed by atoms with E-state index < -0.39 is 0 Å². The number of hydrogen-bond acceptors (Lipinski definition) is 2. The molecule has 0 N–H and O–H groups in total. The Hall–Kier alpha value is -2.03. The average molecular weight is 285 g/mol. The first-order chi connectivity index (χ1) is 10.0. The molecule has 0 amide bonds. The molecule has 3 nitrogen and oxygen atoms in total. The summed E-state index contributed by atoms with van der Waals surface area (Å²) >= 11 is 0. The minimum atomic E-state index is -0.285. The van der Waals surface area contributed by atoms with Crippen molar-refractivity contribution in [1.82, 2.24) is 4.57 Å². The Kier molecular flexibility index (Phi) is 4.84. The molecule has 2 aromatic rings. The Balaban J connectivity index is 2.29. The summed E-state index contributed by atoms with van der Waals surface area (Å²) < 4.78 is 7.22. The Morgan fingerprint density at radius 2 is 2.10 bits per heavy atom. The number of hydrogen-bond donors (Lipinski definition) is 0. The second-order valence-corrected chi connectivity index (χ2v) is 5.71. The molecule has 1 aromatic carbocycles. The lowest BCUT2D eigenvalue weighted by molar-refractivity contribution is -0.137. The van der Waals surface area contributed by atoms with E-state index in [0.717, 1.165) is 17.7 Å². The van der Waals surface area contributed by atoms with Gasteiger partial charge >= 0.3 is 5.97 Å². The molecular formula is C18H23NO2. The zero-order valence-corrected chi connectivity index (χ0v) is 13.2. The fourth-order valence-electron chi connectivity index (χ4n) is 2.44. The van der Waals surface area contributed by atoms with Gasteiger partial charge in [0.2, 0.25) is 0 Å². The zero-order valence-electron chi connectivity index (χ0n) is 13.2. The van der Waals surface area contributed by atoms with Gasteiger partial charge in [0.25, 0.3) is 0 Å². The normalized spacial score (nSPS) is 12.1. The molecule has 112 valence electrons. The molecule has 0 saturated carbocycles. The van der Waals surface area contributed by atoms with Gasteiger partial charge in [0.05, 0.1) is 6.61 Å². The van der Waals surface area contributed by atoms with Gasteiger partial charge in [-0.15, -0.1) is 0 Å². The second-order valence-electron chi connectivity index (χ2n) is 5.71. The molecular weight excluding hydrogens is 262 g/mol. The van der Waals surface area contributed by atoms with E-state index in [1.54, 1.807) is 6.08 Å². The lowest BCUT2D eigenvalue weighted by Gasteiger charge is -2.09. The molecule has 0 fully saturated rings. The van der Waals surface area contributed by atoms with Crippen molar-refractivity contribution < 1.29 is 9.53 Å². The number of fused-ring (bicyclic) bond motifs is 1. The summed E-state index contributed by atoms with van der Waals surface area (Å²) in [6.45, 7) is 9.59. The van der Waals surface area contributed by atoms with Gasteiger partial charge in [-0.2, -0.15) is 0 Å². The lowest BCUT2D eigenvalue weighted by atomic mass is 10.1. The standard InChI is InChI=1S/C18H23NO2/c1-5-21-18(20)10-14(4)15-6-7-17-16(11-15)8-9-19(17)12-13(2)3/h6-11,13H,5,12H2,1-4H3/b14-10+. The minimum Gasteiger partial charge on any atom is -0.463 e. The maximum absolute atomic E-state index is 11.5. The predicted molar refractivity (Wildman–Crippen MR) is 87.1 cm³/mol. The summed E-state index contributed by atoms with van der Waals surface area (Å²) in [6.07, 6.45) is 3.68. The summed E-state index contributed by atoms with van der Waals surface area (Å²) in [5.74, 6) is 0.332. The second kappa shape index (κ2) is 6.61. The van der Waals surface area contributed by atoms with Crippen molar-refractivity contribution in [2.45, 2.75) is 34.2 Å². The maximum Gasteiger partial charge on any atom is 0.331 e. The van der Waals surface area contributed by atoms with Crippen LogP contribution in [0.2, 0.25) is 0 Å². The number of carbonyl (C=O) groups excluding carboxylic acids is 1. The number of benzene rings is 1. The van der Waals surface area contributed by atoms with Crippen LogP contribution in [0.4, 0.5) is 0 Å². The van der Waals surface area contributed by atoms with E-state index in [0.29, 0.717) is 12.5 Å². The van der Waals surface area contributed by atoms with Gasteiger partial charge < -0.3 is 9.30 Å². The first-order valence-electron chi connectivity index (χ1n) is 7.45. The van der Waals surface area contributed by atoms with Gasteiger partial charge in [-0.05, 0) is 49.1 Å². The topological polar surface area (TPSA) is 31.2 Å². The molecule has 0 aliphatic rings. The van der Waals surface area contributed by atoms with Gasteiger partial charge in [-0.3, -0.25) is 0 Å². The van der Waals surface area contributed by atoms with Crippen molar-refractivity contribution in [3.8, 4) is 0 Å². The van der Waals surface area contributed by atoms with Gasteiger partial charge in [0.15, 0.2) is 0 Å². The third-order valence-corrected chi connectivity index (χ3v) is 3.41. The molecule has 1 aromatic heterocycles. The van der Waals surface area contributed by atoms with E-state index in [4.69, 9.17) is 4.74 Å². The SMILES string of the molecule is CCOC(=O)/C=C(\C)c1ccc2c(ccn2CC(C)C)c1. The Bertz CT molecular complexity index is 665. The van der Waals surface area contributed by atoms with Crippen LogP contribution in [0.15, 0.2) is 36.5 Å². The van der Waals surface area contributed by atoms with Crippen molar-refractivity contribution >= 4 is 22.4 Å². The van der Waals surface area contributed by atoms with E-state index in [1.807, 2.05) is 13.8 Å². The highest BCUT2D eigenvalue weighted by atomic mass is 16.5. The molecule has 0 unspecified atom stereocenters. The van der Waals surface area contributed by atoms with Crippen molar-refractivity contribution in [2.75, 3.05) is 6.61 Å². The number of esters is 1. The highest BCUT2D eigenvalue weighted by Crippen LogP contribution is 2.23. The van der Waals surface area contributed by atoms with Crippen LogP contribution < -0.4 is 0 Å². The monoisotopic (exact) mass is 285 g/mol. The first-order valence-corrected chi connectivity index (χ1v) is 7.45. The zero-order chi connectivity index (χ0) is 15.4. The molecule has 3 heteroatoms. The molecule has 1 heterocycles. The number of allylic oxidation sites excluding steroid dienone is 1. The van der Waals surface area contributed by atoms with E-state index in [9.17, 15) is 4.79 Å². The lowest BCUT2D eigenvalue weighted by Crippen LogP contribution is -2.02. The Labute approximate surface area is 126 Å². The molecule has 0 aliphatic carbocycles. The Morgan fingerprint density at radius 1 is 1.33 bits per heavy atom. The largest absolute Gasteiger partial charge is 0.463 e. The number of rotatable bonds is 5. The molecule has 21 heavy (non-hydrogen) atoms. The van der Waals surface area contributed by atoms with Crippen LogP contribution in [0.5, 0.6) is 0 Å². The molecule has 0 spiro atoms. The average Bonchev–Trinajstić information content (AvgIpc) is 2.80. The van der Waals surface area contributed by atoms with Crippen LogP contribution in [-0.2, 0) is 16.1 Å². The van der Waals surface area contributed by atoms with Crippen LogP contribution in [-0.4, -0.2) is 17.1 Å². The fraction of sp³-hybridized carbons (Fsp3) is 0.389. The molecule has 0 saturated heterocycles. The van der Waals surface area contributed by atoms with Crippen molar-refractivity contribution in [2.24, 2.45) is 5.92 Å². The van der Waals surface area contributed by atoms with Crippen LogP contribution in [0.25, 0.3) is 16.5 Å². The predicted octanol–water partition coefficient (Wildman–Crippen LogP) is 4.26. The van der Waals surface area contributed by atoms with E-state index in [-0.39, 0.29) is 5.97 Å². The van der Waals surface area contributed by atoms with Crippen LogP contribution in [0.3, 0.4) is 0 Å². The summed E-state index contributed by atoms with van der Waals surface area (Å²) in [6, 6.07) is 8.43. The summed E-state index contributed by atoms with van der Waals surface area (Å²) in [5.41, 5.74) is 3.21. The minimum absolute atomic E-state index is 0.285.